The standard InChI is InChI=1S/C24H22ClFN4O3S/c1-29-13-17(15-6-4-3-5-7-15)21-22(29)23(32)30(10-11-33-2)24(28-21)34-14-20(31)27-19-9-8-16(26)12-18(19)25/h3-9,12-13H,10-11,14H2,1-2H3,(H,27,31). The van der Waals surface area contributed by atoms with Crippen molar-refractivity contribution in [2.24, 2.45) is 7.05 Å². The molecule has 4 rings (SSSR count). The summed E-state index contributed by atoms with van der Waals surface area (Å²) < 4.78 is 21.7. The van der Waals surface area contributed by atoms with Crippen LogP contribution in [0.15, 0.2) is 64.7 Å². The maximum atomic E-state index is 13.4. The van der Waals surface area contributed by atoms with Gasteiger partial charge in [-0.05, 0) is 23.8 Å². The van der Waals surface area contributed by atoms with E-state index in [0.29, 0.717) is 28.5 Å². The predicted molar refractivity (Wildman–Crippen MR) is 133 cm³/mol. The minimum Gasteiger partial charge on any atom is -0.383 e. The van der Waals surface area contributed by atoms with Gasteiger partial charge >= 0.3 is 0 Å². The first-order chi connectivity index (χ1) is 16.4. The highest BCUT2D eigenvalue weighted by atomic mass is 35.5. The van der Waals surface area contributed by atoms with Gasteiger partial charge in [-0.3, -0.25) is 14.2 Å². The first-order valence-electron chi connectivity index (χ1n) is 10.4. The number of anilines is 1. The van der Waals surface area contributed by atoms with E-state index in [2.05, 4.69) is 5.32 Å². The molecule has 0 aliphatic rings. The van der Waals surface area contributed by atoms with Crippen molar-refractivity contribution in [1.82, 2.24) is 14.1 Å². The molecule has 0 unspecified atom stereocenters. The smallest absolute Gasteiger partial charge is 0.278 e. The fraction of sp³-hybridized carbons (Fsp3) is 0.208. The number of halogens is 2. The summed E-state index contributed by atoms with van der Waals surface area (Å²) in [6.45, 7) is 0.603. The first kappa shape index (κ1) is 24.0. The van der Waals surface area contributed by atoms with Crippen molar-refractivity contribution < 1.29 is 13.9 Å². The molecule has 0 spiro atoms. The van der Waals surface area contributed by atoms with Gasteiger partial charge in [0.1, 0.15) is 16.9 Å². The molecule has 0 radical (unpaired) electrons. The minimum atomic E-state index is -0.492. The average molecular weight is 501 g/mol. The van der Waals surface area contributed by atoms with E-state index in [4.69, 9.17) is 21.3 Å². The van der Waals surface area contributed by atoms with Crippen LogP contribution in [0, 0.1) is 5.82 Å². The van der Waals surface area contributed by atoms with E-state index in [1.54, 1.807) is 11.7 Å². The highest BCUT2D eigenvalue weighted by Gasteiger charge is 2.19. The first-order valence-corrected chi connectivity index (χ1v) is 11.8. The van der Waals surface area contributed by atoms with Gasteiger partial charge in [-0.15, -0.1) is 0 Å². The molecule has 2 heterocycles. The number of carbonyl (C=O) groups is 1. The number of nitrogens with one attached hydrogen (secondary N) is 1. The van der Waals surface area contributed by atoms with E-state index in [-0.39, 0.29) is 28.8 Å². The Kier molecular flexibility index (Phi) is 7.35. The third-order valence-electron chi connectivity index (χ3n) is 5.18. The van der Waals surface area contributed by atoms with Crippen molar-refractivity contribution in [1.29, 1.82) is 0 Å². The molecule has 1 amide bonds. The molecule has 0 saturated carbocycles. The van der Waals surface area contributed by atoms with Crippen LogP contribution < -0.4 is 10.9 Å². The monoisotopic (exact) mass is 500 g/mol. The van der Waals surface area contributed by atoms with Crippen LogP contribution in [-0.4, -0.2) is 39.5 Å². The normalized spacial score (nSPS) is 11.2. The Morgan fingerprint density at radius 3 is 2.71 bits per heavy atom. The highest BCUT2D eigenvalue weighted by molar-refractivity contribution is 7.99. The van der Waals surface area contributed by atoms with E-state index >= 15 is 0 Å². The van der Waals surface area contributed by atoms with Crippen molar-refractivity contribution in [3.05, 3.63) is 75.9 Å². The second kappa shape index (κ2) is 10.4. The van der Waals surface area contributed by atoms with Gasteiger partial charge in [0.2, 0.25) is 5.91 Å². The quantitative estimate of drug-likeness (QED) is 0.283. The van der Waals surface area contributed by atoms with Crippen molar-refractivity contribution in [3.8, 4) is 11.1 Å². The molecule has 2 aromatic carbocycles. The molecule has 4 aromatic rings. The average Bonchev–Trinajstić information content (AvgIpc) is 3.16. The summed E-state index contributed by atoms with van der Waals surface area (Å²) in [6.07, 6.45) is 1.88. The summed E-state index contributed by atoms with van der Waals surface area (Å²) in [5, 5.41) is 3.17. The lowest BCUT2D eigenvalue weighted by Crippen LogP contribution is -2.27. The third kappa shape index (κ3) is 5.01. The lowest BCUT2D eigenvalue weighted by Gasteiger charge is -2.13. The number of aromatic nitrogens is 3. The summed E-state index contributed by atoms with van der Waals surface area (Å²) in [5.74, 6) is -0.872. The van der Waals surface area contributed by atoms with Gasteiger partial charge in [0.25, 0.3) is 5.56 Å². The summed E-state index contributed by atoms with van der Waals surface area (Å²) in [5.41, 5.74) is 2.91. The van der Waals surface area contributed by atoms with Crippen LogP contribution in [0.5, 0.6) is 0 Å². The largest absolute Gasteiger partial charge is 0.383 e. The molecule has 0 atom stereocenters. The Bertz CT molecular complexity index is 1410. The van der Waals surface area contributed by atoms with E-state index in [1.165, 1.54) is 16.7 Å². The molecule has 2 aromatic heterocycles. The van der Waals surface area contributed by atoms with E-state index in [1.807, 2.05) is 43.6 Å². The molecule has 1 N–H and O–H groups in total. The van der Waals surface area contributed by atoms with Gasteiger partial charge in [0.15, 0.2) is 5.16 Å². The van der Waals surface area contributed by atoms with Crippen LogP contribution in [0.2, 0.25) is 5.02 Å². The predicted octanol–water partition coefficient (Wildman–Crippen LogP) is 4.57. The Morgan fingerprint density at radius 1 is 1.24 bits per heavy atom. The zero-order valence-corrected chi connectivity index (χ0v) is 20.1. The maximum absolute atomic E-state index is 13.4. The van der Waals surface area contributed by atoms with Crippen molar-refractivity contribution >= 4 is 46.0 Å². The number of aryl methyl sites for hydroxylation is 1. The lowest BCUT2D eigenvalue weighted by atomic mass is 10.1. The Hall–Kier alpha value is -3.14. The number of hydrogen-bond acceptors (Lipinski definition) is 5. The van der Waals surface area contributed by atoms with Gasteiger partial charge in [0.05, 0.1) is 29.6 Å². The van der Waals surface area contributed by atoms with Crippen molar-refractivity contribution in [3.63, 3.8) is 0 Å². The summed E-state index contributed by atoms with van der Waals surface area (Å²) in [4.78, 5) is 30.8. The molecule has 7 nitrogen and oxygen atoms in total. The SMILES string of the molecule is COCCn1c(SCC(=O)Nc2ccc(F)cc2Cl)nc2c(-c3ccccc3)cn(C)c2c1=O. The topological polar surface area (TPSA) is 78.2 Å². The van der Waals surface area contributed by atoms with Crippen LogP contribution >= 0.6 is 23.4 Å². The molecular weight excluding hydrogens is 479 g/mol. The zero-order valence-electron chi connectivity index (χ0n) is 18.5. The number of methoxy groups -OCH3 is 1. The Morgan fingerprint density at radius 2 is 2.00 bits per heavy atom. The number of nitrogens with zero attached hydrogens (tertiary/aromatic N) is 3. The second-order valence-corrected chi connectivity index (χ2v) is 8.87. The van der Waals surface area contributed by atoms with E-state index in [9.17, 15) is 14.0 Å². The third-order valence-corrected chi connectivity index (χ3v) is 6.47. The van der Waals surface area contributed by atoms with Gasteiger partial charge in [0, 0.05) is 25.9 Å². The Balaban J connectivity index is 1.68. The summed E-state index contributed by atoms with van der Waals surface area (Å²) >= 11 is 7.14. The number of carbonyl (C=O) groups excluding carboxylic acids is 1. The van der Waals surface area contributed by atoms with Crippen LogP contribution in [0.1, 0.15) is 0 Å². The molecule has 176 valence electrons. The van der Waals surface area contributed by atoms with Crippen molar-refractivity contribution in [2.75, 3.05) is 24.8 Å². The van der Waals surface area contributed by atoms with E-state index in [0.717, 1.165) is 29.0 Å². The van der Waals surface area contributed by atoms with Crippen LogP contribution in [-0.2, 0) is 23.1 Å². The second-order valence-electron chi connectivity index (χ2n) is 7.52. The molecule has 0 bridgehead atoms. The minimum absolute atomic E-state index is 0.0217. The number of amides is 1. The van der Waals surface area contributed by atoms with Crippen molar-refractivity contribution in [2.45, 2.75) is 11.7 Å². The maximum Gasteiger partial charge on any atom is 0.278 e. The molecular formula is C24H22ClFN4O3S. The lowest BCUT2D eigenvalue weighted by molar-refractivity contribution is -0.113. The molecule has 10 heteroatoms. The fourth-order valence-electron chi connectivity index (χ4n) is 3.58. The van der Waals surface area contributed by atoms with Crippen LogP contribution in [0.25, 0.3) is 22.2 Å². The summed E-state index contributed by atoms with van der Waals surface area (Å²) in [6, 6.07) is 13.4. The fourth-order valence-corrected chi connectivity index (χ4v) is 4.61. The zero-order chi connectivity index (χ0) is 24.2. The number of fused-ring (bicyclic) bond motifs is 1. The number of ether oxygens (including phenoxy) is 1. The summed E-state index contributed by atoms with van der Waals surface area (Å²) in [7, 11) is 3.37. The van der Waals surface area contributed by atoms with E-state index < -0.39 is 5.82 Å². The van der Waals surface area contributed by atoms with Crippen LogP contribution in [0.3, 0.4) is 0 Å². The number of hydrogen-bond donors (Lipinski definition) is 1. The van der Waals surface area contributed by atoms with Gasteiger partial charge in [-0.2, -0.15) is 0 Å². The molecule has 0 saturated heterocycles. The molecule has 0 aliphatic heterocycles. The van der Waals surface area contributed by atoms with Gasteiger partial charge < -0.3 is 14.6 Å². The van der Waals surface area contributed by atoms with Gasteiger partial charge in [-0.1, -0.05) is 53.7 Å². The number of rotatable bonds is 8. The molecule has 0 fully saturated rings. The molecule has 34 heavy (non-hydrogen) atoms. The molecule has 0 aliphatic carbocycles. The number of thioether (sulfide) groups is 1. The number of benzene rings is 2. The van der Waals surface area contributed by atoms with Crippen LogP contribution in [0.4, 0.5) is 10.1 Å². The highest BCUT2D eigenvalue weighted by Crippen LogP contribution is 2.29. The Labute approximate surface area is 204 Å². The van der Waals surface area contributed by atoms with Gasteiger partial charge in [-0.25, -0.2) is 9.37 Å².